The van der Waals surface area contributed by atoms with Gasteiger partial charge in [0.1, 0.15) is 11.5 Å². The van der Waals surface area contributed by atoms with Crippen LogP contribution in [0.3, 0.4) is 0 Å². The molecule has 3 aromatic carbocycles. The molecule has 0 aliphatic carbocycles. The van der Waals surface area contributed by atoms with E-state index in [1.807, 2.05) is 30.3 Å². The second kappa shape index (κ2) is 6.76. The van der Waals surface area contributed by atoms with Crippen LogP contribution in [-0.2, 0) is 23.1 Å². The molecule has 0 fully saturated rings. The van der Waals surface area contributed by atoms with Gasteiger partial charge in [-0.3, -0.25) is 0 Å². The molecule has 0 spiro atoms. The largest absolute Gasteiger partial charge is 0.457 e. The molecule has 0 amide bonds. The van der Waals surface area contributed by atoms with Crippen LogP contribution in [0.25, 0.3) is 0 Å². The molecule has 1 heterocycles. The van der Waals surface area contributed by atoms with Crippen molar-refractivity contribution in [3.05, 3.63) is 88.9 Å². The summed E-state index contributed by atoms with van der Waals surface area (Å²) in [5.74, 6) is 1.25. The van der Waals surface area contributed by atoms with Gasteiger partial charge in [-0.2, -0.15) is 4.31 Å². The predicted molar refractivity (Wildman–Crippen MR) is 101 cm³/mol. The quantitative estimate of drug-likeness (QED) is 0.645. The van der Waals surface area contributed by atoms with Crippen molar-refractivity contribution in [2.75, 3.05) is 0 Å². The van der Waals surface area contributed by atoms with E-state index in [0.29, 0.717) is 34.5 Å². The molecule has 0 unspecified atom stereocenters. The minimum absolute atomic E-state index is 0.338. The van der Waals surface area contributed by atoms with Crippen molar-refractivity contribution in [3.8, 4) is 11.5 Å². The molecule has 0 atom stereocenters. The van der Waals surface area contributed by atoms with Gasteiger partial charge in [-0.15, -0.1) is 0 Å². The van der Waals surface area contributed by atoms with Gasteiger partial charge >= 0.3 is 0 Å². The highest BCUT2D eigenvalue weighted by Gasteiger charge is 2.34. The topological polar surface area (TPSA) is 46.6 Å². The molecule has 1 aliphatic heterocycles. The summed E-state index contributed by atoms with van der Waals surface area (Å²) in [4.78, 5) is 0.344. The first kappa shape index (κ1) is 17.1. The third-order valence-corrected chi connectivity index (χ3v) is 6.39. The Bertz CT molecular complexity index is 1030. The Labute approximate surface area is 157 Å². The van der Waals surface area contributed by atoms with Gasteiger partial charge in [0.05, 0.1) is 4.90 Å². The average Bonchev–Trinajstić information content (AvgIpc) is 2.88. The molecule has 6 heteroatoms. The first-order valence-corrected chi connectivity index (χ1v) is 9.94. The maximum absolute atomic E-state index is 12.8. The van der Waals surface area contributed by atoms with E-state index in [1.165, 1.54) is 4.31 Å². The lowest BCUT2D eigenvalue weighted by atomic mass is 10.2. The molecule has 1 aliphatic rings. The number of ether oxygens (including phenoxy) is 1. The van der Waals surface area contributed by atoms with Crippen molar-refractivity contribution >= 4 is 21.6 Å². The van der Waals surface area contributed by atoms with E-state index in [4.69, 9.17) is 16.3 Å². The van der Waals surface area contributed by atoms with Crippen LogP contribution in [0.4, 0.5) is 0 Å². The fourth-order valence-corrected chi connectivity index (χ4v) is 4.70. The summed E-state index contributed by atoms with van der Waals surface area (Å²) >= 11 is 5.88. The van der Waals surface area contributed by atoms with Crippen molar-refractivity contribution in [2.24, 2.45) is 0 Å². The number of hydrogen-bond acceptors (Lipinski definition) is 3. The number of hydrogen-bond donors (Lipinski definition) is 0. The van der Waals surface area contributed by atoms with Crippen molar-refractivity contribution in [2.45, 2.75) is 18.0 Å². The lowest BCUT2D eigenvalue weighted by Gasteiger charge is -2.14. The Morgan fingerprint density at radius 3 is 2.35 bits per heavy atom. The minimum Gasteiger partial charge on any atom is -0.457 e. The third-order valence-electron chi connectivity index (χ3n) is 4.25. The van der Waals surface area contributed by atoms with Crippen molar-refractivity contribution in [3.63, 3.8) is 0 Å². The smallest absolute Gasteiger partial charge is 0.244 e. The fraction of sp³-hybridized carbons (Fsp3) is 0.100. The van der Waals surface area contributed by atoms with Gasteiger partial charge in [0, 0.05) is 18.1 Å². The first-order valence-electron chi connectivity index (χ1n) is 8.13. The van der Waals surface area contributed by atoms with Crippen LogP contribution in [0.15, 0.2) is 77.7 Å². The van der Waals surface area contributed by atoms with E-state index < -0.39 is 10.0 Å². The van der Waals surface area contributed by atoms with Gasteiger partial charge in [0.25, 0.3) is 0 Å². The zero-order chi connectivity index (χ0) is 18.1. The van der Waals surface area contributed by atoms with Crippen LogP contribution < -0.4 is 4.74 Å². The number of sulfonamides is 1. The highest BCUT2D eigenvalue weighted by Crippen LogP contribution is 2.35. The molecular formula is C20H16ClNO3S. The second-order valence-corrected chi connectivity index (χ2v) is 8.43. The Kier molecular flexibility index (Phi) is 4.44. The van der Waals surface area contributed by atoms with Gasteiger partial charge < -0.3 is 4.74 Å². The lowest BCUT2D eigenvalue weighted by molar-refractivity contribution is 0.419. The van der Waals surface area contributed by atoms with E-state index in [1.54, 1.807) is 42.5 Å². The van der Waals surface area contributed by atoms with Gasteiger partial charge in [0.2, 0.25) is 10.0 Å². The molecule has 4 rings (SSSR count). The molecular weight excluding hydrogens is 370 g/mol. The highest BCUT2D eigenvalue weighted by molar-refractivity contribution is 7.89. The molecule has 0 radical (unpaired) electrons. The molecule has 26 heavy (non-hydrogen) atoms. The maximum atomic E-state index is 12.8. The van der Waals surface area contributed by atoms with Crippen LogP contribution >= 0.6 is 11.6 Å². The highest BCUT2D eigenvalue weighted by atomic mass is 35.5. The summed E-state index contributed by atoms with van der Waals surface area (Å²) < 4.78 is 32.8. The lowest BCUT2D eigenvalue weighted by Crippen LogP contribution is -2.23. The van der Waals surface area contributed by atoms with Crippen molar-refractivity contribution < 1.29 is 13.2 Å². The molecule has 132 valence electrons. The molecule has 0 bridgehead atoms. The molecule has 0 saturated carbocycles. The average molecular weight is 386 g/mol. The monoisotopic (exact) mass is 385 g/mol. The predicted octanol–water partition coefficient (Wildman–Crippen LogP) is 4.84. The van der Waals surface area contributed by atoms with E-state index in [9.17, 15) is 8.42 Å². The Morgan fingerprint density at radius 1 is 0.923 bits per heavy atom. The zero-order valence-electron chi connectivity index (χ0n) is 13.8. The molecule has 0 saturated heterocycles. The normalized spacial score (nSPS) is 15.6. The second-order valence-electron chi connectivity index (χ2n) is 6.08. The number of rotatable bonds is 4. The van der Waals surface area contributed by atoms with Gasteiger partial charge in [-0.25, -0.2) is 8.42 Å². The van der Waals surface area contributed by atoms with Crippen LogP contribution in [0.5, 0.6) is 11.5 Å². The maximum Gasteiger partial charge on any atom is 0.244 e. The minimum atomic E-state index is -3.48. The molecule has 4 nitrogen and oxygen atoms in total. The summed E-state index contributed by atoms with van der Waals surface area (Å²) in [6.07, 6.45) is 0. The molecule has 0 N–H and O–H groups in total. The van der Waals surface area contributed by atoms with E-state index >= 15 is 0 Å². The van der Waals surface area contributed by atoms with Gasteiger partial charge in [0.15, 0.2) is 0 Å². The Hall–Kier alpha value is -2.34. The first-order chi connectivity index (χ1) is 12.5. The van der Waals surface area contributed by atoms with Crippen LogP contribution in [0.2, 0.25) is 5.02 Å². The SMILES string of the molecule is O=S1(=O)c2ccc(Oc3ccc(Cl)cc3)cc2CN1Cc1ccccc1. The summed E-state index contributed by atoms with van der Waals surface area (Å²) in [6, 6.07) is 21.7. The standard InChI is InChI=1S/C20H16ClNO3S/c21-17-6-8-18(9-7-17)25-19-10-11-20-16(12-19)14-22(26(20,23)24)13-15-4-2-1-3-5-15/h1-12H,13-14H2. The van der Waals surface area contributed by atoms with Gasteiger partial charge in [-0.05, 0) is 53.6 Å². The fourth-order valence-electron chi connectivity index (χ4n) is 2.98. The van der Waals surface area contributed by atoms with E-state index in [0.717, 1.165) is 11.1 Å². The summed E-state index contributed by atoms with van der Waals surface area (Å²) in [5.41, 5.74) is 1.70. The van der Waals surface area contributed by atoms with E-state index in [2.05, 4.69) is 0 Å². The van der Waals surface area contributed by atoms with Crippen LogP contribution in [0, 0.1) is 0 Å². The summed E-state index contributed by atoms with van der Waals surface area (Å²) in [7, 11) is -3.48. The molecule has 0 aromatic heterocycles. The van der Waals surface area contributed by atoms with Crippen molar-refractivity contribution in [1.29, 1.82) is 0 Å². The van der Waals surface area contributed by atoms with Crippen LogP contribution in [0.1, 0.15) is 11.1 Å². The Morgan fingerprint density at radius 2 is 1.62 bits per heavy atom. The van der Waals surface area contributed by atoms with Crippen molar-refractivity contribution in [1.82, 2.24) is 4.31 Å². The number of fused-ring (bicyclic) bond motifs is 1. The third kappa shape index (κ3) is 3.33. The zero-order valence-corrected chi connectivity index (χ0v) is 15.4. The van der Waals surface area contributed by atoms with Gasteiger partial charge in [-0.1, -0.05) is 41.9 Å². The molecule has 3 aromatic rings. The number of nitrogens with zero attached hydrogens (tertiary/aromatic N) is 1. The number of halogens is 1. The summed E-state index contributed by atoms with van der Waals surface area (Å²) in [5, 5.41) is 0.633. The van der Waals surface area contributed by atoms with Crippen LogP contribution in [-0.4, -0.2) is 12.7 Å². The van der Waals surface area contributed by atoms with E-state index in [-0.39, 0.29) is 0 Å². The Balaban J connectivity index is 1.58. The number of benzene rings is 3. The summed E-state index contributed by atoms with van der Waals surface area (Å²) in [6.45, 7) is 0.690.